The van der Waals surface area contributed by atoms with Crippen LogP contribution in [0.15, 0.2) is 75.4 Å². The molecule has 2 amide bonds. The molecule has 3 N–H and O–H groups in total. The van der Waals surface area contributed by atoms with Gasteiger partial charge in [-0.15, -0.1) is 0 Å². The summed E-state index contributed by atoms with van der Waals surface area (Å²) in [7, 11) is 1.17. The Morgan fingerprint density at radius 2 is 1.89 bits per heavy atom. The number of rotatable bonds is 4. The third-order valence-electron chi connectivity index (χ3n) is 5.79. The highest BCUT2D eigenvalue weighted by atomic mass is 32.2. The van der Waals surface area contributed by atoms with Crippen LogP contribution in [0.1, 0.15) is 22.6 Å². The normalized spacial score (nSPS) is 17.3. The van der Waals surface area contributed by atoms with E-state index in [1.807, 2.05) is 32.0 Å². The zero-order valence-corrected chi connectivity index (χ0v) is 20.4. The molecule has 0 radical (unpaired) electrons. The van der Waals surface area contributed by atoms with Crippen molar-refractivity contribution in [3.63, 3.8) is 0 Å². The zero-order chi connectivity index (χ0) is 26.1. The van der Waals surface area contributed by atoms with E-state index < -0.39 is 29.5 Å². The average Bonchev–Trinajstić information content (AvgIpc) is 2.85. The highest BCUT2D eigenvalue weighted by molar-refractivity contribution is 8.07. The van der Waals surface area contributed by atoms with Gasteiger partial charge < -0.3 is 15.8 Å². The van der Waals surface area contributed by atoms with Crippen molar-refractivity contribution < 1.29 is 23.5 Å². The van der Waals surface area contributed by atoms with Crippen molar-refractivity contribution >= 4 is 35.2 Å². The standard InChI is InChI=1S/C26H21FN4O4S/c1-13-4-9-18(14(2)10-13)30-24(33)22-21(15-5-7-16(27)8-6-15)17(12-28)23(29)31-20(32)11-19(26(34)35-3)36-25(22)31/h4-11,21H,29H2,1-3H3,(H,30,33)/t21-/m0/s1. The number of halogens is 1. The third-order valence-corrected chi connectivity index (χ3v) is 6.89. The number of allylic oxidation sites excluding steroid dienone is 1. The lowest BCUT2D eigenvalue weighted by molar-refractivity contribution is -0.135. The minimum atomic E-state index is -1.02. The lowest BCUT2D eigenvalue weighted by atomic mass is 9.82. The van der Waals surface area contributed by atoms with Gasteiger partial charge in [0.1, 0.15) is 16.5 Å². The van der Waals surface area contributed by atoms with Crippen LogP contribution in [0.2, 0.25) is 0 Å². The van der Waals surface area contributed by atoms with Crippen LogP contribution in [-0.4, -0.2) is 29.8 Å². The van der Waals surface area contributed by atoms with E-state index in [2.05, 4.69) is 5.32 Å². The molecule has 0 fully saturated rings. The van der Waals surface area contributed by atoms with Crippen LogP contribution in [0, 0.1) is 31.0 Å². The topological polar surface area (TPSA) is 126 Å². The number of carbonyl (C=O) groups is 3. The van der Waals surface area contributed by atoms with Crippen molar-refractivity contribution in [3.8, 4) is 6.07 Å². The van der Waals surface area contributed by atoms with E-state index in [0.29, 0.717) is 11.3 Å². The summed E-state index contributed by atoms with van der Waals surface area (Å²) in [5.74, 6) is -3.78. The summed E-state index contributed by atoms with van der Waals surface area (Å²) in [6.07, 6.45) is 1.04. The number of hydrogen-bond donors (Lipinski definition) is 2. The van der Waals surface area contributed by atoms with Crippen LogP contribution in [0.5, 0.6) is 0 Å². The number of nitrogens with two attached hydrogens (primary N) is 1. The number of nitrogens with zero attached hydrogens (tertiary/aromatic N) is 2. The summed E-state index contributed by atoms with van der Waals surface area (Å²) in [5, 5.41) is 12.9. The van der Waals surface area contributed by atoms with Gasteiger partial charge in [-0.2, -0.15) is 5.26 Å². The Bertz CT molecular complexity index is 1440. The van der Waals surface area contributed by atoms with Crippen molar-refractivity contribution in [2.45, 2.75) is 19.8 Å². The molecule has 1 atom stereocenters. The number of hydrogen-bond acceptors (Lipinski definition) is 7. The van der Waals surface area contributed by atoms with Crippen LogP contribution < -0.4 is 11.1 Å². The highest BCUT2D eigenvalue weighted by Gasteiger charge is 2.43. The number of aryl methyl sites for hydroxylation is 2. The molecule has 4 rings (SSSR count). The zero-order valence-electron chi connectivity index (χ0n) is 19.6. The van der Waals surface area contributed by atoms with Crippen LogP contribution in [0.3, 0.4) is 0 Å². The van der Waals surface area contributed by atoms with E-state index in [9.17, 15) is 24.0 Å². The Hall–Kier alpha value is -4.36. The number of carbonyl (C=O) groups excluding carboxylic acids is 3. The Kier molecular flexibility index (Phi) is 6.68. The van der Waals surface area contributed by atoms with Gasteiger partial charge in [0.05, 0.1) is 35.3 Å². The number of ether oxygens (including phenoxy) is 1. The molecule has 0 bridgehead atoms. The molecule has 0 spiro atoms. The van der Waals surface area contributed by atoms with Gasteiger partial charge in [-0.1, -0.05) is 41.6 Å². The first kappa shape index (κ1) is 24.8. The minimum Gasteiger partial charge on any atom is -0.465 e. The number of methoxy groups -OCH3 is 1. The predicted molar refractivity (Wildman–Crippen MR) is 132 cm³/mol. The molecular formula is C26H21FN4O4S. The highest BCUT2D eigenvalue weighted by Crippen LogP contribution is 2.48. The van der Waals surface area contributed by atoms with Crippen molar-refractivity contribution in [3.05, 3.63) is 97.9 Å². The smallest absolute Gasteiger partial charge is 0.344 e. The Morgan fingerprint density at radius 3 is 2.50 bits per heavy atom. The molecule has 2 aromatic carbocycles. The molecule has 0 unspecified atom stereocenters. The van der Waals surface area contributed by atoms with Gasteiger partial charge in [-0.05, 0) is 43.2 Å². The molecule has 2 heterocycles. The molecule has 2 aromatic rings. The lowest BCUT2D eigenvalue weighted by Gasteiger charge is -2.37. The summed E-state index contributed by atoms with van der Waals surface area (Å²) in [6.45, 7) is 3.76. The lowest BCUT2D eigenvalue weighted by Crippen LogP contribution is -2.42. The molecule has 36 heavy (non-hydrogen) atoms. The summed E-state index contributed by atoms with van der Waals surface area (Å²) in [4.78, 5) is 40.1. The van der Waals surface area contributed by atoms with Gasteiger partial charge >= 0.3 is 5.97 Å². The molecule has 2 aliphatic heterocycles. The number of thioether (sulfide) groups is 1. The average molecular weight is 505 g/mol. The van der Waals surface area contributed by atoms with Crippen LogP contribution >= 0.6 is 11.8 Å². The van der Waals surface area contributed by atoms with E-state index in [4.69, 9.17) is 10.5 Å². The number of nitrogens with one attached hydrogen (secondary N) is 1. The second-order valence-electron chi connectivity index (χ2n) is 8.16. The molecule has 0 saturated carbocycles. The number of esters is 1. The van der Waals surface area contributed by atoms with Gasteiger partial charge in [0, 0.05) is 11.8 Å². The summed E-state index contributed by atoms with van der Waals surface area (Å²) >= 11 is 0.836. The molecule has 10 heteroatoms. The fourth-order valence-electron chi connectivity index (χ4n) is 4.08. The van der Waals surface area contributed by atoms with E-state index in [1.165, 1.54) is 31.4 Å². The van der Waals surface area contributed by atoms with E-state index in [1.54, 1.807) is 6.07 Å². The number of amides is 2. The van der Waals surface area contributed by atoms with Crippen LogP contribution in [-0.2, 0) is 19.1 Å². The second-order valence-corrected chi connectivity index (χ2v) is 9.19. The molecule has 8 nitrogen and oxygen atoms in total. The van der Waals surface area contributed by atoms with Gasteiger partial charge in [-0.25, -0.2) is 9.18 Å². The molecule has 0 aromatic heterocycles. The first-order valence-corrected chi connectivity index (χ1v) is 11.6. The molecular weight excluding hydrogens is 483 g/mol. The molecule has 0 aliphatic carbocycles. The van der Waals surface area contributed by atoms with Gasteiger partial charge in [-0.3, -0.25) is 14.5 Å². The fraction of sp³-hybridized carbons (Fsp3) is 0.154. The molecule has 182 valence electrons. The van der Waals surface area contributed by atoms with Crippen molar-refractivity contribution in [2.75, 3.05) is 12.4 Å². The maximum Gasteiger partial charge on any atom is 0.344 e. The minimum absolute atomic E-state index is 0.0141. The Labute approximate surface area is 210 Å². The first-order valence-electron chi connectivity index (χ1n) is 10.8. The van der Waals surface area contributed by atoms with Gasteiger partial charge in [0.15, 0.2) is 0 Å². The maximum absolute atomic E-state index is 13.8. The van der Waals surface area contributed by atoms with Crippen molar-refractivity contribution in [2.24, 2.45) is 5.73 Å². The summed E-state index contributed by atoms with van der Waals surface area (Å²) in [6, 6.07) is 12.8. The molecule has 2 aliphatic rings. The van der Waals surface area contributed by atoms with Crippen molar-refractivity contribution in [1.29, 1.82) is 5.26 Å². The number of anilines is 1. The van der Waals surface area contributed by atoms with Crippen LogP contribution in [0.25, 0.3) is 0 Å². The van der Waals surface area contributed by atoms with Gasteiger partial charge in [0.2, 0.25) is 0 Å². The van der Waals surface area contributed by atoms with E-state index in [-0.39, 0.29) is 26.9 Å². The number of benzene rings is 2. The second kappa shape index (κ2) is 9.71. The molecule has 0 saturated heterocycles. The summed E-state index contributed by atoms with van der Waals surface area (Å²) < 4.78 is 18.5. The Balaban J connectivity index is 1.94. The maximum atomic E-state index is 13.8. The fourth-order valence-corrected chi connectivity index (χ4v) is 5.21. The van der Waals surface area contributed by atoms with Crippen LogP contribution in [0.4, 0.5) is 10.1 Å². The largest absolute Gasteiger partial charge is 0.465 e. The van der Waals surface area contributed by atoms with Crippen molar-refractivity contribution in [1.82, 2.24) is 4.90 Å². The third kappa shape index (κ3) is 4.36. The number of nitriles is 1. The summed E-state index contributed by atoms with van der Waals surface area (Å²) in [5.41, 5.74) is 8.97. The van der Waals surface area contributed by atoms with E-state index >= 15 is 0 Å². The Morgan fingerprint density at radius 1 is 1.19 bits per heavy atom. The van der Waals surface area contributed by atoms with E-state index in [0.717, 1.165) is 33.9 Å². The number of fused-ring (bicyclic) bond motifs is 1. The monoisotopic (exact) mass is 504 g/mol. The quantitative estimate of drug-likeness (QED) is 0.608. The predicted octanol–water partition coefficient (Wildman–Crippen LogP) is 3.72. The first-order chi connectivity index (χ1) is 17.2. The van der Waals surface area contributed by atoms with Gasteiger partial charge in [0.25, 0.3) is 11.8 Å². The SMILES string of the molecule is COC(=O)C1=CC(=O)N2C(N)=C(C#N)[C@H](c3ccc(F)cc3)C(C(=O)Nc3ccc(C)cc3C)=C2S1.